The number of hydrogen-bond donors (Lipinski definition) is 1. The van der Waals surface area contributed by atoms with E-state index in [1.165, 1.54) is 5.56 Å². The summed E-state index contributed by atoms with van der Waals surface area (Å²) in [6.45, 7) is 3.94. The number of tetrazole rings is 1. The largest absolute Gasteiger partial charge is 0.452 e. The van der Waals surface area contributed by atoms with Crippen LogP contribution in [0.2, 0.25) is 0 Å². The molecule has 1 aliphatic rings. The van der Waals surface area contributed by atoms with Gasteiger partial charge in [0.2, 0.25) is 5.82 Å². The minimum Gasteiger partial charge on any atom is -0.452 e. The van der Waals surface area contributed by atoms with Crippen molar-refractivity contribution < 1.29 is 4.42 Å². The monoisotopic (exact) mass is 354 g/mol. The molecule has 0 saturated carbocycles. The number of nitrogens with zero attached hydrogens (tertiary/aromatic N) is 3. The molecule has 3 aromatic rings. The summed E-state index contributed by atoms with van der Waals surface area (Å²) in [6, 6.07) is 6.44. The molecule has 0 bridgehead atoms. The maximum atomic E-state index is 12.8. The molecule has 0 atom stereocenters. The Labute approximate surface area is 149 Å². The van der Waals surface area contributed by atoms with Gasteiger partial charge in [0, 0.05) is 21.8 Å². The Kier molecular flexibility index (Phi) is 4.17. The molecular weight excluding hydrogens is 336 g/mol. The smallest absolute Gasteiger partial charge is 0.215 e. The third kappa shape index (κ3) is 2.78. The van der Waals surface area contributed by atoms with Gasteiger partial charge in [-0.1, -0.05) is 19.4 Å². The number of aryl methyl sites for hydroxylation is 1. The van der Waals surface area contributed by atoms with Gasteiger partial charge in [0.1, 0.15) is 5.76 Å². The summed E-state index contributed by atoms with van der Waals surface area (Å²) in [5.74, 6) is 2.05. The number of nitrogens with one attached hydrogen (secondary N) is 1. The van der Waals surface area contributed by atoms with E-state index in [0.29, 0.717) is 28.7 Å². The molecule has 1 aliphatic heterocycles. The molecule has 1 N–H and O–H groups in total. The van der Waals surface area contributed by atoms with E-state index in [0.717, 1.165) is 35.3 Å². The van der Waals surface area contributed by atoms with Crippen LogP contribution in [0.3, 0.4) is 0 Å². The molecule has 4 rings (SSSR count). The average Bonchev–Trinajstić information content (AvgIpc) is 3.16. The number of H-pyrrole nitrogens is 1. The van der Waals surface area contributed by atoms with E-state index in [9.17, 15) is 4.79 Å². The van der Waals surface area contributed by atoms with Crippen molar-refractivity contribution in [2.24, 2.45) is 0 Å². The van der Waals surface area contributed by atoms with Gasteiger partial charge in [-0.05, 0) is 47.9 Å². The number of hydrogen-bond acceptors (Lipinski definition) is 6. The first kappa shape index (κ1) is 16.1. The van der Waals surface area contributed by atoms with Crippen LogP contribution in [0.5, 0.6) is 0 Å². The van der Waals surface area contributed by atoms with Crippen LogP contribution >= 0.6 is 11.8 Å². The first-order valence-corrected chi connectivity index (χ1v) is 9.34. The minimum absolute atomic E-state index is 0.00441. The molecule has 1 aromatic carbocycles. The lowest BCUT2D eigenvalue weighted by Gasteiger charge is -2.19. The highest BCUT2D eigenvalue weighted by atomic mass is 32.2. The molecule has 6 nitrogen and oxygen atoms in total. The van der Waals surface area contributed by atoms with Crippen LogP contribution in [-0.4, -0.2) is 20.6 Å². The Morgan fingerprint density at radius 2 is 2.20 bits per heavy atom. The molecule has 2 aromatic heterocycles. The van der Waals surface area contributed by atoms with E-state index in [-0.39, 0.29) is 5.43 Å². The second kappa shape index (κ2) is 6.48. The van der Waals surface area contributed by atoms with E-state index in [4.69, 9.17) is 4.42 Å². The zero-order valence-corrected chi connectivity index (χ0v) is 14.9. The van der Waals surface area contributed by atoms with Crippen molar-refractivity contribution in [3.8, 4) is 22.9 Å². The summed E-state index contributed by atoms with van der Waals surface area (Å²) in [6.07, 6.45) is 3.32. The van der Waals surface area contributed by atoms with Gasteiger partial charge in [0.05, 0.1) is 5.56 Å². The molecule has 0 spiro atoms. The Morgan fingerprint density at radius 1 is 1.32 bits per heavy atom. The molecule has 0 fully saturated rings. The van der Waals surface area contributed by atoms with Crippen molar-refractivity contribution in [1.29, 1.82) is 0 Å². The van der Waals surface area contributed by atoms with E-state index in [1.54, 1.807) is 18.7 Å². The topological polar surface area (TPSA) is 84.7 Å². The standard InChI is InChI=1S/C18H18N4O2S/c1-3-4-5-11-6-7-14-12(8-11)17-13(9-25-14)15(23)10(2)16(24-17)18-19-21-22-20-18/h6-8H,3-5,9H2,1-2H3,(H,19,20,21,22). The highest BCUT2D eigenvalue weighted by Gasteiger charge is 2.26. The van der Waals surface area contributed by atoms with Crippen LogP contribution in [0.4, 0.5) is 0 Å². The molecule has 0 unspecified atom stereocenters. The number of benzene rings is 1. The van der Waals surface area contributed by atoms with Crippen molar-refractivity contribution in [3.63, 3.8) is 0 Å². The lowest BCUT2D eigenvalue weighted by atomic mass is 10.00. The van der Waals surface area contributed by atoms with Crippen LogP contribution < -0.4 is 5.43 Å². The van der Waals surface area contributed by atoms with E-state index in [2.05, 4.69) is 45.7 Å². The van der Waals surface area contributed by atoms with Crippen molar-refractivity contribution in [2.45, 2.75) is 43.8 Å². The van der Waals surface area contributed by atoms with E-state index >= 15 is 0 Å². The van der Waals surface area contributed by atoms with Crippen LogP contribution in [0, 0.1) is 6.92 Å². The van der Waals surface area contributed by atoms with E-state index in [1.807, 2.05) is 0 Å². The summed E-state index contributed by atoms with van der Waals surface area (Å²) in [4.78, 5) is 14.0. The first-order chi connectivity index (χ1) is 12.2. The molecule has 25 heavy (non-hydrogen) atoms. The third-order valence-electron chi connectivity index (χ3n) is 4.47. The average molecular weight is 354 g/mol. The Morgan fingerprint density at radius 3 is 2.96 bits per heavy atom. The summed E-state index contributed by atoms with van der Waals surface area (Å²) in [7, 11) is 0. The molecular formula is C18H18N4O2S. The number of rotatable bonds is 4. The third-order valence-corrected chi connectivity index (χ3v) is 5.57. The second-order valence-electron chi connectivity index (χ2n) is 6.17. The summed E-state index contributed by atoms with van der Waals surface area (Å²) in [5, 5.41) is 13.8. The van der Waals surface area contributed by atoms with Crippen molar-refractivity contribution in [1.82, 2.24) is 20.6 Å². The maximum Gasteiger partial charge on any atom is 0.215 e. The van der Waals surface area contributed by atoms with Gasteiger partial charge in [-0.3, -0.25) is 4.79 Å². The number of thioether (sulfide) groups is 1. The lowest BCUT2D eigenvalue weighted by Crippen LogP contribution is -2.16. The predicted molar refractivity (Wildman–Crippen MR) is 96.5 cm³/mol. The Balaban J connectivity index is 1.90. The van der Waals surface area contributed by atoms with Gasteiger partial charge in [-0.15, -0.1) is 16.9 Å². The Hall–Kier alpha value is -2.41. The van der Waals surface area contributed by atoms with Gasteiger partial charge < -0.3 is 4.42 Å². The zero-order valence-electron chi connectivity index (χ0n) is 14.1. The molecule has 128 valence electrons. The van der Waals surface area contributed by atoms with E-state index < -0.39 is 0 Å². The van der Waals surface area contributed by atoms with Gasteiger partial charge in [0.25, 0.3) is 0 Å². The minimum atomic E-state index is 0.00441. The highest BCUT2D eigenvalue weighted by Crippen LogP contribution is 2.42. The van der Waals surface area contributed by atoms with Crippen molar-refractivity contribution in [3.05, 3.63) is 45.1 Å². The fraction of sp³-hybridized carbons (Fsp3) is 0.333. The first-order valence-electron chi connectivity index (χ1n) is 8.35. The van der Waals surface area contributed by atoms with Gasteiger partial charge in [0.15, 0.2) is 11.2 Å². The second-order valence-corrected chi connectivity index (χ2v) is 7.18. The van der Waals surface area contributed by atoms with Crippen molar-refractivity contribution >= 4 is 11.8 Å². The number of aromatic nitrogens is 4. The van der Waals surface area contributed by atoms with Gasteiger partial charge in [-0.2, -0.15) is 0 Å². The van der Waals surface area contributed by atoms with Crippen LogP contribution in [-0.2, 0) is 12.2 Å². The fourth-order valence-electron chi connectivity index (χ4n) is 3.07. The summed E-state index contributed by atoms with van der Waals surface area (Å²) < 4.78 is 6.15. The molecule has 3 heterocycles. The van der Waals surface area contributed by atoms with Crippen LogP contribution in [0.25, 0.3) is 22.9 Å². The predicted octanol–water partition coefficient (Wildman–Crippen LogP) is 3.74. The number of aromatic amines is 1. The lowest BCUT2D eigenvalue weighted by molar-refractivity contribution is 0.563. The normalized spacial score (nSPS) is 12.7. The molecule has 0 amide bonds. The SMILES string of the molecule is CCCCc1ccc2c(c1)-c1oc(-c3nnn[nH]3)c(C)c(=O)c1CS2. The maximum absolute atomic E-state index is 12.8. The summed E-state index contributed by atoms with van der Waals surface area (Å²) >= 11 is 1.68. The molecule has 7 heteroatoms. The number of fused-ring (bicyclic) bond motifs is 3. The molecule has 0 saturated heterocycles. The van der Waals surface area contributed by atoms with Crippen LogP contribution in [0.1, 0.15) is 36.5 Å². The van der Waals surface area contributed by atoms with Gasteiger partial charge >= 0.3 is 0 Å². The summed E-state index contributed by atoms with van der Waals surface area (Å²) in [5.41, 5.74) is 3.51. The zero-order chi connectivity index (χ0) is 17.4. The van der Waals surface area contributed by atoms with Gasteiger partial charge in [-0.25, -0.2) is 5.10 Å². The quantitative estimate of drug-likeness (QED) is 0.768. The fourth-order valence-corrected chi connectivity index (χ4v) is 4.10. The Bertz CT molecular complexity index is 979. The van der Waals surface area contributed by atoms with Crippen molar-refractivity contribution in [2.75, 3.05) is 0 Å². The van der Waals surface area contributed by atoms with Crippen LogP contribution in [0.15, 0.2) is 32.3 Å². The molecule has 0 radical (unpaired) electrons. The highest BCUT2D eigenvalue weighted by molar-refractivity contribution is 7.98. The number of unbranched alkanes of at least 4 members (excludes halogenated alkanes) is 1. The molecule has 0 aliphatic carbocycles.